The first-order valence-electron chi connectivity index (χ1n) is 8.13. The zero-order valence-electron chi connectivity index (χ0n) is 14.6. The molecule has 8 heteroatoms. The SMILES string of the molecule is CNC(=O)c1ccc(CC(N)CN2C(=O)c3ccccc3C2=O)cc1F.Cl. The van der Waals surface area contributed by atoms with Crippen LogP contribution < -0.4 is 11.1 Å². The van der Waals surface area contributed by atoms with Crippen molar-refractivity contribution in [1.29, 1.82) is 0 Å². The van der Waals surface area contributed by atoms with E-state index in [1.807, 2.05) is 0 Å². The first kappa shape index (κ1) is 20.5. The molecule has 3 rings (SSSR count). The van der Waals surface area contributed by atoms with Crippen molar-refractivity contribution < 1.29 is 18.8 Å². The van der Waals surface area contributed by atoms with E-state index in [1.165, 1.54) is 19.2 Å². The number of amides is 3. The molecule has 0 aromatic heterocycles. The average molecular weight is 392 g/mol. The van der Waals surface area contributed by atoms with Crippen molar-refractivity contribution >= 4 is 30.1 Å². The molecular weight excluding hydrogens is 373 g/mol. The number of imide groups is 1. The molecule has 1 atom stereocenters. The van der Waals surface area contributed by atoms with Gasteiger partial charge in [0.1, 0.15) is 5.82 Å². The van der Waals surface area contributed by atoms with Crippen molar-refractivity contribution in [2.75, 3.05) is 13.6 Å². The summed E-state index contributed by atoms with van der Waals surface area (Å²) in [6.45, 7) is 0.0329. The first-order valence-corrected chi connectivity index (χ1v) is 8.13. The number of benzene rings is 2. The fourth-order valence-corrected chi connectivity index (χ4v) is 3.01. The highest BCUT2D eigenvalue weighted by Gasteiger charge is 2.35. The lowest BCUT2D eigenvalue weighted by Gasteiger charge is -2.19. The molecule has 142 valence electrons. The van der Waals surface area contributed by atoms with Gasteiger partial charge in [0, 0.05) is 19.6 Å². The number of carbonyl (C=O) groups is 3. The molecule has 0 bridgehead atoms. The predicted molar refractivity (Wildman–Crippen MR) is 101 cm³/mol. The van der Waals surface area contributed by atoms with E-state index in [-0.39, 0.29) is 42.8 Å². The molecule has 1 unspecified atom stereocenters. The number of rotatable bonds is 5. The molecule has 1 heterocycles. The van der Waals surface area contributed by atoms with Crippen molar-refractivity contribution in [1.82, 2.24) is 10.2 Å². The molecule has 27 heavy (non-hydrogen) atoms. The van der Waals surface area contributed by atoms with Crippen LogP contribution in [0.3, 0.4) is 0 Å². The number of fused-ring (bicyclic) bond motifs is 1. The zero-order valence-corrected chi connectivity index (χ0v) is 15.4. The zero-order chi connectivity index (χ0) is 18.8. The Kier molecular flexibility index (Phi) is 6.30. The van der Waals surface area contributed by atoms with Crippen molar-refractivity contribution in [3.8, 4) is 0 Å². The minimum absolute atomic E-state index is 0. The molecular formula is C19H19ClFN3O3. The van der Waals surface area contributed by atoms with E-state index in [0.29, 0.717) is 16.7 Å². The Morgan fingerprint density at radius 1 is 1.15 bits per heavy atom. The quantitative estimate of drug-likeness (QED) is 0.760. The van der Waals surface area contributed by atoms with Crippen LogP contribution in [0.25, 0.3) is 0 Å². The maximum absolute atomic E-state index is 14.0. The molecule has 2 aromatic carbocycles. The lowest BCUT2D eigenvalue weighted by atomic mass is 10.0. The highest BCUT2D eigenvalue weighted by molar-refractivity contribution is 6.21. The number of nitrogens with zero attached hydrogens (tertiary/aromatic N) is 1. The fraction of sp³-hybridized carbons (Fsp3) is 0.211. The van der Waals surface area contributed by atoms with Crippen LogP contribution in [-0.2, 0) is 6.42 Å². The maximum atomic E-state index is 14.0. The van der Waals surface area contributed by atoms with E-state index < -0.39 is 17.8 Å². The van der Waals surface area contributed by atoms with Gasteiger partial charge in [0.15, 0.2) is 0 Å². The smallest absolute Gasteiger partial charge is 0.261 e. The Labute approximate surface area is 161 Å². The number of nitrogens with two attached hydrogens (primary N) is 1. The van der Waals surface area contributed by atoms with Gasteiger partial charge < -0.3 is 11.1 Å². The van der Waals surface area contributed by atoms with Crippen molar-refractivity contribution in [3.05, 3.63) is 70.5 Å². The topological polar surface area (TPSA) is 92.5 Å². The summed E-state index contributed by atoms with van der Waals surface area (Å²) in [5.74, 6) is -1.90. The third-order valence-corrected chi connectivity index (χ3v) is 4.30. The maximum Gasteiger partial charge on any atom is 0.261 e. The van der Waals surface area contributed by atoms with Crippen LogP contribution in [0, 0.1) is 5.82 Å². The summed E-state index contributed by atoms with van der Waals surface area (Å²) >= 11 is 0. The van der Waals surface area contributed by atoms with E-state index >= 15 is 0 Å². The van der Waals surface area contributed by atoms with Gasteiger partial charge in [-0.15, -0.1) is 12.4 Å². The summed E-state index contributed by atoms with van der Waals surface area (Å²) in [5, 5.41) is 2.36. The number of nitrogens with one attached hydrogen (secondary N) is 1. The second-order valence-corrected chi connectivity index (χ2v) is 6.12. The standard InChI is InChI=1S/C19H18FN3O3.ClH/c1-22-17(24)15-7-6-11(9-16(15)20)8-12(21)10-23-18(25)13-4-2-3-5-14(13)19(23)26;/h2-7,9,12H,8,10,21H2,1H3,(H,22,24);1H. The third kappa shape index (κ3) is 3.99. The van der Waals surface area contributed by atoms with Crippen molar-refractivity contribution in [2.24, 2.45) is 5.73 Å². The van der Waals surface area contributed by atoms with E-state index in [9.17, 15) is 18.8 Å². The largest absolute Gasteiger partial charge is 0.355 e. The lowest BCUT2D eigenvalue weighted by molar-refractivity contribution is 0.0644. The monoisotopic (exact) mass is 391 g/mol. The van der Waals surface area contributed by atoms with Crippen LogP contribution in [0.2, 0.25) is 0 Å². The van der Waals surface area contributed by atoms with Gasteiger partial charge in [-0.25, -0.2) is 4.39 Å². The number of carbonyl (C=O) groups excluding carboxylic acids is 3. The third-order valence-electron chi connectivity index (χ3n) is 4.30. The van der Waals surface area contributed by atoms with Gasteiger partial charge in [0.05, 0.1) is 16.7 Å². The van der Waals surface area contributed by atoms with Crippen molar-refractivity contribution in [2.45, 2.75) is 12.5 Å². The van der Waals surface area contributed by atoms with Gasteiger partial charge in [0.25, 0.3) is 17.7 Å². The Hall–Kier alpha value is -2.77. The van der Waals surface area contributed by atoms with Crippen LogP contribution >= 0.6 is 12.4 Å². The molecule has 0 saturated carbocycles. The van der Waals surface area contributed by atoms with Crippen LogP contribution in [0.15, 0.2) is 42.5 Å². The molecule has 0 saturated heterocycles. The van der Waals surface area contributed by atoms with Crippen LogP contribution in [-0.4, -0.2) is 42.3 Å². The molecule has 3 amide bonds. The normalized spacial score (nSPS) is 13.8. The molecule has 0 fully saturated rings. The summed E-state index contributed by atoms with van der Waals surface area (Å²) in [7, 11) is 1.42. The average Bonchev–Trinajstić information content (AvgIpc) is 2.86. The first-order chi connectivity index (χ1) is 12.4. The van der Waals surface area contributed by atoms with Crippen LogP contribution in [0.5, 0.6) is 0 Å². The van der Waals surface area contributed by atoms with E-state index in [1.54, 1.807) is 30.3 Å². The minimum atomic E-state index is -0.644. The summed E-state index contributed by atoms with van der Waals surface area (Å²) < 4.78 is 14.0. The van der Waals surface area contributed by atoms with Gasteiger partial charge in [-0.3, -0.25) is 19.3 Å². The molecule has 0 aliphatic carbocycles. The van der Waals surface area contributed by atoms with Crippen LogP contribution in [0.4, 0.5) is 4.39 Å². The summed E-state index contributed by atoms with van der Waals surface area (Å²) in [5.41, 5.74) is 7.34. The van der Waals surface area contributed by atoms with Gasteiger partial charge in [-0.05, 0) is 36.2 Å². The second-order valence-electron chi connectivity index (χ2n) is 6.12. The summed E-state index contributed by atoms with van der Waals surface area (Å²) in [6.07, 6.45) is 0.262. The Balaban J connectivity index is 0.00000261. The molecule has 0 radical (unpaired) electrons. The number of hydrogen-bond donors (Lipinski definition) is 2. The highest BCUT2D eigenvalue weighted by atomic mass is 35.5. The number of hydrogen-bond acceptors (Lipinski definition) is 4. The molecule has 1 aliphatic rings. The molecule has 6 nitrogen and oxygen atoms in total. The molecule has 1 aliphatic heterocycles. The van der Waals surface area contributed by atoms with Gasteiger partial charge in [-0.2, -0.15) is 0 Å². The molecule has 0 spiro atoms. The predicted octanol–water partition coefficient (Wildman–Crippen LogP) is 1.77. The van der Waals surface area contributed by atoms with Crippen LogP contribution in [0.1, 0.15) is 36.6 Å². The Morgan fingerprint density at radius 2 is 1.74 bits per heavy atom. The Bertz CT molecular complexity index is 869. The Morgan fingerprint density at radius 3 is 2.26 bits per heavy atom. The van der Waals surface area contributed by atoms with E-state index in [2.05, 4.69) is 5.32 Å². The molecule has 2 aromatic rings. The van der Waals surface area contributed by atoms with E-state index in [0.717, 1.165) is 4.90 Å². The van der Waals surface area contributed by atoms with Gasteiger partial charge in [0.2, 0.25) is 0 Å². The second kappa shape index (κ2) is 8.28. The van der Waals surface area contributed by atoms with Crippen molar-refractivity contribution in [3.63, 3.8) is 0 Å². The van der Waals surface area contributed by atoms with E-state index in [4.69, 9.17) is 5.73 Å². The minimum Gasteiger partial charge on any atom is -0.355 e. The van der Waals surface area contributed by atoms with Gasteiger partial charge in [-0.1, -0.05) is 18.2 Å². The lowest BCUT2D eigenvalue weighted by Crippen LogP contribution is -2.41. The number of halogens is 2. The molecule has 3 N–H and O–H groups in total. The summed E-state index contributed by atoms with van der Waals surface area (Å²) in [6, 6.07) is 10.3. The summed E-state index contributed by atoms with van der Waals surface area (Å²) in [4.78, 5) is 37.3. The highest BCUT2D eigenvalue weighted by Crippen LogP contribution is 2.22. The fourth-order valence-electron chi connectivity index (χ4n) is 3.01. The van der Waals surface area contributed by atoms with Gasteiger partial charge >= 0.3 is 0 Å².